The van der Waals surface area contributed by atoms with E-state index < -0.39 is 0 Å². The molecule has 0 amide bonds. The minimum absolute atomic E-state index is 1.08. The van der Waals surface area contributed by atoms with Gasteiger partial charge in [-0.25, -0.2) is 0 Å². The summed E-state index contributed by atoms with van der Waals surface area (Å²) in [6, 6.07) is 52.0. The molecular weight excluding hydrogens is 621 g/mol. The molecule has 0 aliphatic carbocycles. The smallest absolute Gasteiger partial charge is 0.0355 e. The standard InChI is InChI=1S/C49H36S/c1-5-13-33-25-23-32-24-26-34(28-43(32)47(33)30(2)3)46-29-44-41(20-12-21-45(44)50-46)48-37-16-8-10-18-39(37)49(40-19-11-9-17-38(40)48)42-27-22-31(4)35-14-6-7-15-36(35)42/h5-29H,2H2,1,3-4H3/b13-5-. The van der Waals surface area contributed by atoms with Gasteiger partial charge >= 0.3 is 0 Å². The third kappa shape index (κ3) is 4.73. The van der Waals surface area contributed by atoms with Crippen LogP contribution >= 0.6 is 11.3 Å². The summed E-state index contributed by atoms with van der Waals surface area (Å²) in [6.07, 6.45) is 4.29. The molecule has 0 unspecified atom stereocenters. The van der Waals surface area contributed by atoms with Gasteiger partial charge in [0, 0.05) is 15.0 Å². The van der Waals surface area contributed by atoms with E-state index >= 15 is 0 Å². The van der Waals surface area contributed by atoms with Crippen LogP contribution in [0.4, 0.5) is 0 Å². The lowest BCUT2D eigenvalue weighted by atomic mass is 9.84. The van der Waals surface area contributed by atoms with Crippen LogP contribution in [0.2, 0.25) is 0 Å². The molecule has 238 valence electrons. The van der Waals surface area contributed by atoms with Crippen molar-refractivity contribution < 1.29 is 0 Å². The van der Waals surface area contributed by atoms with Crippen molar-refractivity contribution in [1.82, 2.24) is 0 Å². The first-order chi connectivity index (χ1) is 24.5. The van der Waals surface area contributed by atoms with Crippen LogP contribution in [0.3, 0.4) is 0 Å². The Bertz CT molecular complexity index is 2800. The molecule has 0 fully saturated rings. The molecule has 0 saturated carbocycles. The molecule has 0 saturated heterocycles. The Labute approximate surface area is 297 Å². The van der Waals surface area contributed by atoms with E-state index in [1.807, 2.05) is 11.3 Å². The van der Waals surface area contributed by atoms with Crippen LogP contribution < -0.4 is 0 Å². The first-order valence-electron chi connectivity index (χ1n) is 17.3. The van der Waals surface area contributed by atoms with Crippen molar-refractivity contribution in [2.24, 2.45) is 0 Å². The highest BCUT2D eigenvalue weighted by atomic mass is 32.1. The van der Waals surface area contributed by atoms with E-state index in [-0.39, 0.29) is 0 Å². The second-order valence-corrected chi connectivity index (χ2v) is 14.5. The molecule has 9 aromatic rings. The van der Waals surface area contributed by atoms with Gasteiger partial charge in [0.05, 0.1) is 0 Å². The Hall–Kier alpha value is -5.76. The molecule has 1 heterocycles. The first kappa shape index (κ1) is 30.3. The van der Waals surface area contributed by atoms with Gasteiger partial charge in [-0.05, 0) is 132 Å². The fraction of sp³-hybridized carbons (Fsp3) is 0.0612. The highest BCUT2D eigenvalue weighted by molar-refractivity contribution is 7.22. The SMILES string of the molecule is C=C(C)c1c(/C=C\C)ccc2ccc(-c3cc4c(-c5c6ccccc6c(-c6ccc(C)c7ccccc67)c6ccccc56)cccc4s3)cc12. The van der Waals surface area contributed by atoms with Crippen molar-refractivity contribution in [2.45, 2.75) is 20.8 Å². The summed E-state index contributed by atoms with van der Waals surface area (Å²) in [5, 5.41) is 11.5. The van der Waals surface area contributed by atoms with Crippen molar-refractivity contribution in [2.75, 3.05) is 0 Å². The zero-order chi connectivity index (χ0) is 33.9. The fourth-order valence-electron chi connectivity index (χ4n) is 8.08. The van der Waals surface area contributed by atoms with Crippen LogP contribution in [0.5, 0.6) is 0 Å². The zero-order valence-corrected chi connectivity index (χ0v) is 29.4. The minimum atomic E-state index is 1.08. The van der Waals surface area contributed by atoms with Crippen LogP contribution in [-0.2, 0) is 0 Å². The summed E-state index contributed by atoms with van der Waals surface area (Å²) >= 11 is 1.87. The average molecular weight is 657 g/mol. The Morgan fingerprint density at radius 3 is 1.80 bits per heavy atom. The molecule has 0 aliphatic heterocycles. The van der Waals surface area contributed by atoms with Crippen LogP contribution in [0.25, 0.3) is 97.5 Å². The second-order valence-electron chi connectivity index (χ2n) is 13.4. The minimum Gasteiger partial charge on any atom is -0.135 e. The molecule has 0 N–H and O–H groups in total. The van der Waals surface area contributed by atoms with Crippen LogP contribution in [0, 0.1) is 6.92 Å². The molecule has 0 aliphatic rings. The van der Waals surface area contributed by atoms with Crippen molar-refractivity contribution in [1.29, 1.82) is 0 Å². The van der Waals surface area contributed by atoms with E-state index in [0.717, 1.165) is 5.57 Å². The van der Waals surface area contributed by atoms with Crippen LogP contribution in [-0.4, -0.2) is 0 Å². The number of benzene rings is 8. The highest BCUT2D eigenvalue weighted by Gasteiger charge is 2.20. The molecule has 0 nitrogen and oxygen atoms in total. The fourth-order valence-corrected chi connectivity index (χ4v) is 9.17. The second kappa shape index (κ2) is 12.0. The Morgan fingerprint density at radius 2 is 1.16 bits per heavy atom. The van der Waals surface area contributed by atoms with E-state index in [9.17, 15) is 0 Å². The van der Waals surface area contributed by atoms with Crippen molar-refractivity contribution in [3.05, 3.63) is 169 Å². The highest BCUT2D eigenvalue weighted by Crippen LogP contribution is 2.48. The van der Waals surface area contributed by atoms with Crippen LogP contribution in [0.1, 0.15) is 30.5 Å². The summed E-state index contributed by atoms with van der Waals surface area (Å²) in [7, 11) is 0. The molecule has 0 bridgehead atoms. The lowest BCUT2D eigenvalue weighted by Gasteiger charge is -2.19. The van der Waals surface area contributed by atoms with E-state index in [2.05, 4.69) is 179 Å². The van der Waals surface area contributed by atoms with E-state index in [1.165, 1.54) is 103 Å². The van der Waals surface area contributed by atoms with Gasteiger partial charge in [0.15, 0.2) is 0 Å². The number of allylic oxidation sites excluding steroid dienone is 2. The third-order valence-electron chi connectivity index (χ3n) is 10.3. The zero-order valence-electron chi connectivity index (χ0n) is 28.5. The summed E-state index contributed by atoms with van der Waals surface area (Å²) in [5.74, 6) is 0. The predicted molar refractivity (Wildman–Crippen MR) is 222 cm³/mol. The molecule has 0 spiro atoms. The quantitative estimate of drug-likeness (QED) is 0.162. The molecule has 0 atom stereocenters. The number of hydrogen-bond donors (Lipinski definition) is 0. The van der Waals surface area contributed by atoms with Gasteiger partial charge in [0.25, 0.3) is 0 Å². The predicted octanol–water partition coefficient (Wildman–Crippen LogP) is 14.9. The average Bonchev–Trinajstić information content (AvgIpc) is 3.59. The van der Waals surface area contributed by atoms with Gasteiger partial charge in [-0.3, -0.25) is 0 Å². The summed E-state index contributed by atoms with van der Waals surface area (Å²) in [5.41, 5.74) is 11.2. The largest absolute Gasteiger partial charge is 0.135 e. The third-order valence-corrected chi connectivity index (χ3v) is 11.4. The van der Waals surface area contributed by atoms with E-state index in [1.54, 1.807) is 0 Å². The topological polar surface area (TPSA) is 0 Å². The summed E-state index contributed by atoms with van der Waals surface area (Å²) < 4.78 is 1.29. The lowest BCUT2D eigenvalue weighted by molar-refractivity contribution is 1.53. The van der Waals surface area contributed by atoms with Gasteiger partial charge in [-0.2, -0.15) is 0 Å². The maximum atomic E-state index is 4.36. The van der Waals surface area contributed by atoms with Crippen molar-refractivity contribution in [3.63, 3.8) is 0 Å². The van der Waals surface area contributed by atoms with Gasteiger partial charge in [0.2, 0.25) is 0 Å². The molecule has 8 aromatic carbocycles. The molecule has 0 radical (unpaired) electrons. The molecular formula is C49H36S. The Kier molecular flexibility index (Phi) is 7.26. The van der Waals surface area contributed by atoms with Crippen molar-refractivity contribution in [3.8, 4) is 32.7 Å². The number of hydrogen-bond acceptors (Lipinski definition) is 1. The number of rotatable bonds is 5. The Balaban J connectivity index is 1.30. The van der Waals surface area contributed by atoms with Gasteiger partial charge in [-0.1, -0.05) is 140 Å². The maximum absolute atomic E-state index is 4.36. The monoisotopic (exact) mass is 656 g/mol. The number of aryl methyl sites for hydroxylation is 1. The maximum Gasteiger partial charge on any atom is 0.0355 e. The lowest BCUT2D eigenvalue weighted by Crippen LogP contribution is -1.92. The van der Waals surface area contributed by atoms with E-state index in [4.69, 9.17) is 0 Å². The van der Waals surface area contributed by atoms with Crippen molar-refractivity contribution >= 4 is 76.2 Å². The van der Waals surface area contributed by atoms with Gasteiger partial charge in [-0.15, -0.1) is 11.3 Å². The number of thiophene rings is 1. The van der Waals surface area contributed by atoms with Crippen LogP contribution in [0.15, 0.2) is 152 Å². The van der Waals surface area contributed by atoms with Gasteiger partial charge in [0.1, 0.15) is 0 Å². The normalized spacial score (nSPS) is 11.9. The van der Waals surface area contributed by atoms with E-state index in [0.29, 0.717) is 0 Å². The summed E-state index contributed by atoms with van der Waals surface area (Å²) in [6.45, 7) is 10.8. The van der Waals surface area contributed by atoms with Gasteiger partial charge < -0.3 is 0 Å². The molecule has 50 heavy (non-hydrogen) atoms. The molecule has 9 rings (SSSR count). The molecule has 1 heteroatoms. The summed E-state index contributed by atoms with van der Waals surface area (Å²) in [4.78, 5) is 1.27. The molecule has 1 aromatic heterocycles. The Morgan fingerprint density at radius 1 is 0.560 bits per heavy atom. The number of fused-ring (bicyclic) bond motifs is 5. The first-order valence-corrected chi connectivity index (χ1v) is 18.1.